The van der Waals surface area contributed by atoms with E-state index in [2.05, 4.69) is 26.1 Å². The van der Waals surface area contributed by atoms with Gasteiger partial charge in [-0.25, -0.2) is 4.79 Å². The molecule has 2 aromatic rings. The van der Waals surface area contributed by atoms with Crippen LogP contribution in [0.1, 0.15) is 50.0 Å². The summed E-state index contributed by atoms with van der Waals surface area (Å²) in [4.78, 5) is 37.9. The molecule has 6 nitrogen and oxygen atoms in total. The third-order valence-corrected chi connectivity index (χ3v) is 4.53. The zero-order chi connectivity index (χ0) is 21.6. The van der Waals surface area contributed by atoms with E-state index in [0.717, 1.165) is 11.3 Å². The number of esters is 1. The number of nitrogens with one attached hydrogen (secondary N) is 1. The molecule has 6 heteroatoms. The number of para-hydroxylation sites is 1. The molecule has 2 aromatic carbocycles. The topological polar surface area (TPSA) is 75.7 Å². The number of benzene rings is 2. The molecule has 0 spiro atoms. The van der Waals surface area contributed by atoms with E-state index in [-0.39, 0.29) is 30.2 Å². The summed E-state index contributed by atoms with van der Waals surface area (Å²) >= 11 is 0. The van der Waals surface area contributed by atoms with Gasteiger partial charge in [0, 0.05) is 31.3 Å². The fourth-order valence-electron chi connectivity index (χ4n) is 3.06. The Hall–Kier alpha value is -3.15. The van der Waals surface area contributed by atoms with Crippen LogP contribution in [0.15, 0.2) is 48.5 Å². The van der Waals surface area contributed by atoms with Gasteiger partial charge in [-0.15, -0.1) is 0 Å². The number of nitrogens with zero attached hydrogens (tertiary/aromatic N) is 1. The Labute approximate surface area is 171 Å². The van der Waals surface area contributed by atoms with E-state index in [1.807, 2.05) is 24.3 Å². The lowest BCUT2D eigenvalue weighted by atomic mass is 9.86. The normalized spacial score (nSPS) is 10.9. The number of anilines is 2. The maximum absolute atomic E-state index is 12.5. The van der Waals surface area contributed by atoms with Gasteiger partial charge in [-0.2, -0.15) is 0 Å². The Morgan fingerprint density at radius 1 is 1.03 bits per heavy atom. The van der Waals surface area contributed by atoms with E-state index in [9.17, 15) is 14.4 Å². The van der Waals surface area contributed by atoms with Gasteiger partial charge in [-0.05, 0) is 35.2 Å². The van der Waals surface area contributed by atoms with Gasteiger partial charge in [-0.1, -0.05) is 45.0 Å². The van der Waals surface area contributed by atoms with Crippen LogP contribution in [0.3, 0.4) is 0 Å². The van der Waals surface area contributed by atoms with Gasteiger partial charge in [-0.3, -0.25) is 9.59 Å². The first kappa shape index (κ1) is 22.1. The molecule has 2 rings (SSSR count). The molecule has 154 valence electrons. The van der Waals surface area contributed by atoms with Crippen LogP contribution in [-0.4, -0.2) is 31.4 Å². The smallest absolute Gasteiger partial charge is 0.337 e. The fraction of sp³-hybridized carbons (Fsp3) is 0.348. The number of rotatable bonds is 6. The van der Waals surface area contributed by atoms with E-state index < -0.39 is 5.97 Å². The van der Waals surface area contributed by atoms with Crippen molar-refractivity contribution in [1.82, 2.24) is 0 Å². The van der Waals surface area contributed by atoms with Gasteiger partial charge in [0.1, 0.15) is 0 Å². The predicted molar refractivity (Wildman–Crippen MR) is 114 cm³/mol. The minimum atomic E-state index is -0.480. The molecule has 0 aromatic heterocycles. The van der Waals surface area contributed by atoms with Crippen molar-refractivity contribution in [2.24, 2.45) is 0 Å². The Morgan fingerprint density at radius 2 is 1.72 bits per heavy atom. The van der Waals surface area contributed by atoms with Gasteiger partial charge < -0.3 is 15.0 Å². The maximum atomic E-state index is 12.5. The fourth-order valence-corrected chi connectivity index (χ4v) is 3.06. The Morgan fingerprint density at radius 3 is 2.34 bits per heavy atom. The second-order valence-corrected chi connectivity index (χ2v) is 7.81. The lowest BCUT2D eigenvalue weighted by molar-refractivity contribution is -0.117. The highest BCUT2D eigenvalue weighted by Crippen LogP contribution is 2.29. The molecule has 0 fully saturated rings. The first-order valence-electron chi connectivity index (χ1n) is 9.49. The summed E-state index contributed by atoms with van der Waals surface area (Å²) in [5, 5.41) is 2.95. The Balaban J connectivity index is 2.12. The number of hydrogen-bond acceptors (Lipinski definition) is 4. The summed E-state index contributed by atoms with van der Waals surface area (Å²) in [7, 11) is 1.30. The molecule has 0 radical (unpaired) electrons. The van der Waals surface area contributed by atoms with Crippen molar-refractivity contribution < 1.29 is 19.1 Å². The van der Waals surface area contributed by atoms with E-state index in [1.54, 1.807) is 24.3 Å². The molecule has 0 aliphatic carbocycles. The molecule has 0 saturated heterocycles. The van der Waals surface area contributed by atoms with E-state index >= 15 is 0 Å². The van der Waals surface area contributed by atoms with E-state index in [0.29, 0.717) is 11.3 Å². The third-order valence-electron chi connectivity index (χ3n) is 4.53. The van der Waals surface area contributed by atoms with Crippen molar-refractivity contribution in [3.05, 3.63) is 59.7 Å². The van der Waals surface area contributed by atoms with Crippen LogP contribution in [0.25, 0.3) is 0 Å². The van der Waals surface area contributed by atoms with Gasteiger partial charge in [0.2, 0.25) is 11.8 Å². The number of ether oxygens (including phenoxy) is 1. The van der Waals surface area contributed by atoms with Gasteiger partial charge in [0.05, 0.1) is 12.7 Å². The predicted octanol–water partition coefficient (Wildman–Crippen LogP) is 4.15. The molecule has 0 aliphatic heterocycles. The molecule has 0 heterocycles. The number of carbonyl (C=O) groups is 3. The van der Waals surface area contributed by atoms with Crippen LogP contribution in [0, 0.1) is 0 Å². The molecule has 0 unspecified atom stereocenters. The lowest BCUT2D eigenvalue weighted by Crippen LogP contribution is -2.32. The molecule has 0 aliphatic rings. The molecular formula is C23H28N2O4. The zero-order valence-corrected chi connectivity index (χ0v) is 17.6. The van der Waals surface area contributed by atoms with Crippen molar-refractivity contribution in [1.29, 1.82) is 0 Å². The second-order valence-electron chi connectivity index (χ2n) is 7.81. The van der Waals surface area contributed by atoms with E-state index in [4.69, 9.17) is 4.74 Å². The first-order valence-corrected chi connectivity index (χ1v) is 9.49. The molecule has 0 saturated carbocycles. The molecule has 0 bridgehead atoms. The van der Waals surface area contributed by atoms with Crippen LogP contribution in [0.4, 0.5) is 11.4 Å². The number of methoxy groups -OCH3 is 1. The highest BCUT2D eigenvalue weighted by atomic mass is 16.5. The largest absolute Gasteiger partial charge is 0.465 e. The van der Waals surface area contributed by atoms with Crippen molar-refractivity contribution in [3.63, 3.8) is 0 Å². The number of amides is 2. The van der Waals surface area contributed by atoms with Crippen LogP contribution in [0.5, 0.6) is 0 Å². The van der Waals surface area contributed by atoms with Crippen LogP contribution in [0.2, 0.25) is 0 Å². The SMILES string of the molecule is COC(=O)c1cccc(N(CCC(=O)Nc2ccccc2C(C)(C)C)C(C)=O)c1. The lowest BCUT2D eigenvalue weighted by Gasteiger charge is -2.24. The third kappa shape index (κ3) is 5.91. The zero-order valence-electron chi connectivity index (χ0n) is 17.6. The maximum Gasteiger partial charge on any atom is 0.337 e. The average Bonchev–Trinajstić information content (AvgIpc) is 2.67. The monoisotopic (exact) mass is 396 g/mol. The quantitative estimate of drug-likeness (QED) is 0.744. The highest BCUT2D eigenvalue weighted by Gasteiger charge is 2.20. The Bertz CT molecular complexity index is 900. The first-order chi connectivity index (χ1) is 13.6. The molecule has 2 amide bonds. The summed E-state index contributed by atoms with van der Waals surface area (Å²) in [6.45, 7) is 7.89. The molecule has 1 N–H and O–H groups in total. The summed E-state index contributed by atoms with van der Waals surface area (Å²) in [6, 6.07) is 14.3. The van der Waals surface area contributed by atoms with Crippen LogP contribution < -0.4 is 10.2 Å². The minimum absolute atomic E-state index is 0.108. The van der Waals surface area contributed by atoms with Crippen molar-refractivity contribution in [3.8, 4) is 0 Å². The van der Waals surface area contributed by atoms with Gasteiger partial charge in [0.25, 0.3) is 0 Å². The van der Waals surface area contributed by atoms with Crippen molar-refractivity contribution in [2.45, 2.75) is 39.5 Å². The minimum Gasteiger partial charge on any atom is -0.465 e. The van der Waals surface area contributed by atoms with Crippen molar-refractivity contribution in [2.75, 3.05) is 23.9 Å². The van der Waals surface area contributed by atoms with E-state index in [1.165, 1.54) is 18.9 Å². The van der Waals surface area contributed by atoms with Crippen molar-refractivity contribution >= 4 is 29.2 Å². The van der Waals surface area contributed by atoms with Crippen LogP contribution >= 0.6 is 0 Å². The van der Waals surface area contributed by atoms with Gasteiger partial charge in [0.15, 0.2) is 0 Å². The van der Waals surface area contributed by atoms with Crippen LogP contribution in [-0.2, 0) is 19.7 Å². The average molecular weight is 396 g/mol. The molecular weight excluding hydrogens is 368 g/mol. The second kappa shape index (κ2) is 9.37. The summed E-state index contributed by atoms with van der Waals surface area (Å²) in [5.41, 5.74) is 2.60. The summed E-state index contributed by atoms with van der Waals surface area (Å²) < 4.78 is 4.73. The number of hydrogen-bond donors (Lipinski definition) is 1. The highest BCUT2D eigenvalue weighted by molar-refractivity contribution is 5.97. The molecule has 29 heavy (non-hydrogen) atoms. The van der Waals surface area contributed by atoms with Gasteiger partial charge >= 0.3 is 5.97 Å². The number of carbonyl (C=O) groups excluding carboxylic acids is 3. The summed E-state index contributed by atoms with van der Waals surface area (Å²) in [6.07, 6.45) is 0.126. The Kier molecular flexibility index (Phi) is 7.15. The summed E-state index contributed by atoms with van der Waals surface area (Å²) in [5.74, 6) is -0.876. The molecule has 0 atom stereocenters. The standard InChI is InChI=1S/C23H28N2O4/c1-16(26)25(18-10-8-9-17(15-18)22(28)29-5)14-13-21(27)24-20-12-7-6-11-19(20)23(2,3)4/h6-12,15H,13-14H2,1-5H3,(H,24,27).